The molecule has 4 rings (SSSR count). The molecule has 0 radical (unpaired) electrons. The summed E-state index contributed by atoms with van der Waals surface area (Å²) < 4.78 is 18.8. The molecule has 3 aromatic rings. The Morgan fingerprint density at radius 2 is 1.65 bits per heavy atom. The summed E-state index contributed by atoms with van der Waals surface area (Å²) in [6, 6.07) is 19.6. The largest absolute Gasteiger partial charge is 0.381 e. The van der Waals surface area contributed by atoms with Crippen molar-refractivity contribution in [1.29, 1.82) is 0 Å². The van der Waals surface area contributed by atoms with Crippen LogP contribution in [0, 0.1) is 5.82 Å². The summed E-state index contributed by atoms with van der Waals surface area (Å²) >= 11 is 0. The van der Waals surface area contributed by atoms with Crippen molar-refractivity contribution in [2.45, 2.75) is 24.8 Å². The number of fused-ring (bicyclic) bond motifs is 1. The van der Waals surface area contributed by atoms with Gasteiger partial charge in [-0.2, -0.15) is 0 Å². The van der Waals surface area contributed by atoms with Gasteiger partial charge in [-0.05, 0) is 53.4 Å². The first-order valence-electron chi connectivity index (χ1n) is 10.5. The molecular weight excluding hydrogens is 395 g/mol. The predicted molar refractivity (Wildman–Crippen MR) is 117 cm³/mol. The number of benzene rings is 3. The third-order valence-corrected chi connectivity index (χ3v) is 5.77. The number of carbonyl (C=O) groups excluding carboxylic acids is 2. The van der Waals surface area contributed by atoms with Crippen LogP contribution in [0.1, 0.15) is 35.2 Å². The minimum atomic E-state index is -0.578. The Balaban J connectivity index is 1.36. The average molecular weight is 420 g/mol. The highest BCUT2D eigenvalue weighted by Gasteiger charge is 2.35. The molecule has 3 aromatic carbocycles. The maximum atomic E-state index is 13.4. The number of hydrogen-bond acceptors (Lipinski definition) is 3. The topological polar surface area (TPSA) is 67.4 Å². The highest BCUT2D eigenvalue weighted by Crippen LogP contribution is 2.32. The molecule has 0 saturated carbocycles. The van der Waals surface area contributed by atoms with E-state index in [1.54, 1.807) is 18.2 Å². The molecule has 1 heterocycles. The van der Waals surface area contributed by atoms with E-state index in [9.17, 15) is 14.0 Å². The van der Waals surface area contributed by atoms with E-state index < -0.39 is 5.54 Å². The van der Waals surface area contributed by atoms with Crippen molar-refractivity contribution < 1.29 is 18.7 Å². The van der Waals surface area contributed by atoms with Crippen molar-refractivity contribution in [3.63, 3.8) is 0 Å². The molecule has 2 N–H and O–H groups in total. The van der Waals surface area contributed by atoms with Crippen LogP contribution < -0.4 is 10.6 Å². The molecule has 6 heteroatoms. The molecule has 2 amide bonds. The number of carbonyl (C=O) groups is 2. The standard InChI is InChI=1S/C25H25FN2O3/c26-22-9-7-21(8-10-22)25(12-15-31-16-13-25)28-23(29)11-14-27-24(30)20-6-5-18-3-1-2-4-19(18)17-20/h1-10,17H,11-16H2,(H,27,30)(H,28,29). The second-order valence-electron chi connectivity index (χ2n) is 7.82. The summed E-state index contributed by atoms with van der Waals surface area (Å²) in [5.74, 6) is -0.684. The first-order valence-corrected chi connectivity index (χ1v) is 10.5. The lowest BCUT2D eigenvalue weighted by molar-refractivity contribution is -0.124. The molecule has 0 atom stereocenters. The second kappa shape index (κ2) is 9.27. The Morgan fingerprint density at radius 1 is 0.935 bits per heavy atom. The fourth-order valence-electron chi connectivity index (χ4n) is 4.03. The van der Waals surface area contributed by atoms with Crippen LogP contribution in [0.4, 0.5) is 4.39 Å². The van der Waals surface area contributed by atoms with Gasteiger partial charge in [0.05, 0.1) is 5.54 Å². The quantitative estimate of drug-likeness (QED) is 0.635. The van der Waals surface area contributed by atoms with E-state index in [0.717, 1.165) is 16.3 Å². The highest BCUT2D eigenvalue weighted by molar-refractivity contribution is 5.98. The van der Waals surface area contributed by atoms with E-state index in [0.29, 0.717) is 31.6 Å². The molecule has 1 aliphatic rings. The Kier molecular flexibility index (Phi) is 6.28. The van der Waals surface area contributed by atoms with Crippen molar-refractivity contribution in [3.05, 3.63) is 83.7 Å². The first-order chi connectivity index (χ1) is 15.1. The summed E-state index contributed by atoms with van der Waals surface area (Å²) in [4.78, 5) is 25.2. The summed E-state index contributed by atoms with van der Waals surface area (Å²) in [6.45, 7) is 1.28. The maximum absolute atomic E-state index is 13.4. The van der Waals surface area contributed by atoms with Gasteiger partial charge in [-0.25, -0.2) is 4.39 Å². The van der Waals surface area contributed by atoms with Gasteiger partial charge < -0.3 is 15.4 Å². The van der Waals surface area contributed by atoms with Gasteiger partial charge in [-0.3, -0.25) is 9.59 Å². The number of rotatable bonds is 6. The lowest BCUT2D eigenvalue weighted by Gasteiger charge is -2.38. The normalized spacial score (nSPS) is 15.4. The van der Waals surface area contributed by atoms with Crippen molar-refractivity contribution >= 4 is 22.6 Å². The van der Waals surface area contributed by atoms with Crippen LogP contribution in [0.2, 0.25) is 0 Å². The fraction of sp³-hybridized carbons (Fsp3) is 0.280. The number of nitrogens with one attached hydrogen (secondary N) is 2. The van der Waals surface area contributed by atoms with E-state index in [4.69, 9.17) is 4.74 Å². The van der Waals surface area contributed by atoms with Crippen LogP contribution in [0.5, 0.6) is 0 Å². The van der Waals surface area contributed by atoms with Crippen molar-refractivity contribution in [2.24, 2.45) is 0 Å². The summed E-state index contributed by atoms with van der Waals surface area (Å²) in [5.41, 5.74) is 0.850. The molecule has 1 saturated heterocycles. The highest BCUT2D eigenvalue weighted by atomic mass is 19.1. The molecule has 31 heavy (non-hydrogen) atoms. The third kappa shape index (κ3) is 4.91. The van der Waals surface area contributed by atoms with Gasteiger partial charge >= 0.3 is 0 Å². The van der Waals surface area contributed by atoms with Crippen molar-refractivity contribution in [3.8, 4) is 0 Å². The van der Waals surface area contributed by atoms with Crippen LogP contribution in [-0.2, 0) is 15.1 Å². The number of hydrogen-bond donors (Lipinski definition) is 2. The zero-order chi connectivity index (χ0) is 21.7. The lowest BCUT2D eigenvalue weighted by Crippen LogP contribution is -2.50. The summed E-state index contributed by atoms with van der Waals surface area (Å²) in [7, 11) is 0. The Labute approximate surface area is 180 Å². The third-order valence-electron chi connectivity index (χ3n) is 5.77. The summed E-state index contributed by atoms with van der Waals surface area (Å²) in [6.07, 6.45) is 1.39. The molecule has 0 aliphatic carbocycles. The average Bonchev–Trinajstić information content (AvgIpc) is 2.79. The molecular formula is C25H25FN2O3. The van der Waals surface area contributed by atoms with Gasteiger partial charge in [-0.1, -0.05) is 42.5 Å². The van der Waals surface area contributed by atoms with Crippen LogP contribution in [0.15, 0.2) is 66.7 Å². The number of amides is 2. The van der Waals surface area contributed by atoms with E-state index in [1.807, 2.05) is 36.4 Å². The Hall–Kier alpha value is -3.25. The zero-order valence-corrected chi connectivity index (χ0v) is 17.2. The zero-order valence-electron chi connectivity index (χ0n) is 17.2. The first kappa shape index (κ1) is 21.0. The van der Waals surface area contributed by atoms with Crippen molar-refractivity contribution in [2.75, 3.05) is 19.8 Å². The number of ether oxygens (including phenoxy) is 1. The Morgan fingerprint density at radius 3 is 2.39 bits per heavy atom. The van der Waals surface area contributed by atoms with Gasteiger partial charge in [-0.15, -0.1) is 0 Å². The molecule has 1 aliphatic heterocycles. The van der Waals surface area contributed by atoms with Gasteiger partial charge in [0, 0.05) is 31.7 Å². The maximum Gasteiger partial charge on any atom is 0.251 e. The minimum absolute atomic E-state index is 0.156. The van der Waals surface area contributed by atoms with Gasteiger partial charge in [0.15, 0.2) is 0 Å². The molecule has 0 spiro atoms. The van der Waals surface area contributed by atoms with E-state index in [2.05, 4.69) is 10.6 Å². The molecule has 1 fully saturated rings. The van der Waals surface area contributed by atoms with E-state index >= 15 is 0 Å². The SMILES string of the molecule is O=C(CCNC(=O)c1ccc2ccccc2c1)NC1(c2ccc(F)cc2)CCOCC1. The van der Waals surface area contributed by atoms with Gasteiger partial charge in [0.1, 0.15) is 5.82 Å². The predicted octanol–water partition coefficient (Wildman–Crippen LogP) is 3.92. The van der Waals surface area contributed by atoms with Crippen LogP contribution in [0.3, 0.4) is 0 Å². The minimum Gasteiger partial charge on any atom is -0.381 e. The van der Waals surface area contributed by atoms with E-state index in [1.165, 1.54) is 12.1 Å². The van der Waals surface area contributed by atoms with E-state index in [-0.39, 0.29) is 30.6 Å². The van der Waals surface area contributed by atoms with Crippen LogP contribution >= 0.6 is 0 Å². The smallest absolute Gasteiger partial charge is 0.251 e. The van der Waals surface area contributed by atoms with Crippen LogP contribution in [-0.4, -0.2) is 31.6 Å². The van der Waals surface area contributed by atoms with Gasteiger partial charge in [0.25, 0.3) is 5.91 Å². The number of halogens is 1. The molecule has 0 bridgehead atoms. The fourth-order valence-corrected chi connectivity index (χ4v) is 4.03. The lowest BCUT2D eigenvalue weighted by atomic mass is 9.82. The van der Waals surface area contributed by atoms with Gasteiger partial charge in [0.2, 0.25) is 5.91 Å². The monoisotopic (exact) mass is 420 g/mol. The Bertz CT molecular complexity index is 1080. The van der Waals surface area contributed by atoms with Crippen molar-refractivity contribution in [1.82, 2.24) is 10.6 Å². The molecule has 0 aromatic heterocycles. The molecule has 0 unspecified atom stereocenters. The molecule has 160 valence electrons. The molecule has 5 nitrogen and oxygen atoms in total. The summed E-state index contributed by atoms with van der Waals surface area (Å²) in [5, 5.41) is 8.00. The second-order valence-corrected chi connectivity index (χ2v) is 7.82. The van der Waals surface area contributed by atoms with Crippen LogP contribution in [0.25, 0.3) is 10.8 Å².